The van der Waals surface area contributed by atoms with Crippen molar-refractivity contribution in [3.63, 3.8) is 0 Å². The van der Waals surface area contributed by atoms with Crippen LogP contribution in [-0.4, -0.2) is 16.6 Å². The zero-order chi connectivity index (χ0) is 14.1. The maximum absolute atomic E-state index is 12.3. The normalized spacial score (nSPS) is 17.0. The SMILES string of the molecule is Cc1nc(CNC(=O)C2CSc3ccccc32)oc1C. The van der Waals surface area contributed by atoms with E-state index in [-0.39, 0.29) is 11.8 Å². The summed E-state index contributed by atoms with van der Waals surface area (Å²) in [7, 11) is 0. The van der Waals surface area contributed by atoms with Gasteiger partial charge in [-0.1, -0.05) is 18.2 Å². The van der Waals surface area contributed by atoms with E-state index in [2.05, 4.69) is 16.4 Å². The number of nitrogens with zero attached hydrogens (tertiary/aromatic N) is 1. The molecule has 1 atom stereocenters. The number of rotatable bonds is 3. The third-order valence-corrected chi connectivity index (χ3v) is 4.69. The Bertz CT molecular complexity index is 632. The fourth-order valence-corrected chi connectivity index (χ4v) is 3.51. The number of nitrogens with one attached hydrogen (secondary N) is 1. The van der Waals surface area contributed by atoms with E-state index in [9.17, 15) is 4.79 Å². The Morgan fingerprint density at radius 3 is 3.00 bits per heavy atom. The van der Waals surface area contributed by atoms with Crippen LogP contribution in [0.1, 0.15) is 28.8 Å². The van der Waals surface area contributed by atoms with Crippen LogP contribution >= 0.6 is 11.8 Å². The molecule has 4 nitrogen and oxygen atoms in total. The molecular weight excluding hydrogens is 272 g/mol. The summed E-state index contributed by atoms with van der Waals surface area (Å²) in [5.41, 5.74) is 1.99. The smallest absolute Gasteiger partial charge is 0.228 e. The first-order valence-electron chi connectivity index (χ1n) is 6.57. The predicted molar refractivity (Wildman–Crippen MR) is 77.7 cm³/mol. The number of amides is 1. The van der Waals surface area contributed by atoms with Gasteiger partial charge in [-0.3, -0.25) is 4.79 Å². The van der Waals surface area contributed by atoms with Crippen LogP contribution in [-0.2, 0) is 11.3 Å². The first kappa shape index (κ1) is 13.2. The van der Waals surface area contributed by atoms with Crippen molar-refractivity contribution in [3.8, 4) is 0 Å². The molecule has 1 aliphatic heterocycles. The molecule has 1 aliphatic rings. The molecule has 0 radical (unpaired) electrons. The molecule has 1 aromatic heterocycles. The van der Waals surface area contributed by atoms with Crippen molar-refractivity contribution < 1.29 is 9.21 Å². The molecule has 0 bridgehead atoms. The number of aryl methyl sites for hydroxylation is 2. The van der Waals surface area contributed by atoms with Crippen molar-refractivity contribution in [1.29, 1.82) is 0 Å². The van der Waals surface area contributed by atoms with E-state index in [1.54, 1.807) is 11.8 Å². The molecule has 104 valence electrons. The van der Waals surface area contributed by atoms with Gasteiger partial charge in [0.25, 0.3) is 0 Å². The minimum Gasteiger partial charge on any atom is -0.444 e. The molecule has 0 spiro atoms. The minimum absolute atomic E-state index is 0.0379. The number of carbonyl (C=O) groups is 1. The first-order chi connectivity index (χ1) is 9.65. The van der Waals surface area contributed by atoms with Gasteiger partial charge in [0.15, 0.2) is 0 Å². The second kappa shape index (κ2) is 5.32. The number of fused-ring (bicyclic) bond motifs is 1. The number of carbonyl (C=O) groups excluding carboxylic acids is 1. The van der Waals surface area contributed by atoms with Crippen molar-refractivity contribution in [2.45, 2.75) is 31.2 Å². The second-order valence-corrected chi connectivity index (χ2v) is 5.93. The fourth-order valence-electron chi connectivity index (χ4n) is 2.28. The Kier molecular flexibility index (Phi) is 3.53. The van der Waals surface area contributed by atoms with E-state index in [1.807, 2.05) is 32.0 Å². The van der Waals surface area contributed by atoms with E-state index >= 15 is 0 Å². The highest BCUT2D eigenvalue weighted by Crippen LogP contribution is 2.39. The van der Waals surface area contributed by atoms with Gasteiger partial charge < -0.3 is 9.73 Å². The molecule has 0 aliphatic carbocycles. The first-order valence-corrected chi connectivity index (χ1v) is 7.56. The van der Waals surface area contributed by atoms with Crippen molar-refractivity contribution in [2.24, 2.45) is 0 Å². The quantitative estimate of drug-likeness (QED) is 0.943. The molecule has 2 aromatic rings. The van der Waals surface area contributed by atoms with Crippen molar-refractivity contribution in [2.75, 3.05) is 5.75 Å². The van der Waals surface area contributed by atoms with Gasteiger partial charge in [0.1, 0.15) is 5.76 Å². The Balaban J connectivity index is 1.66. The minimum atomic E-state index is -0.0756. The highest BCUT2D eigenvalue weighted by Gasteiger charge is 2.28. The molecule has 0 saturated heterocycles. The topological polar surface area (TPSA) is 55.1 Å². The van der Waals surface area contributed by atoms with Crippen molar-refractivity contribution >= 4 is 17.7 Å². The maximum Gasteiger partial charge on any atom is 0.228 e. The summed E-state index contributed by atoms with van der Waals surface area (Å²) < 4.78 is 5.47. The van der Waals surface area contributed by atoms with Gasteiger partial charge in [0.05, 0.1) is 18.2 Å². The van der Waals surface area contributed by atoms with Gasteiger partial charge in [-0.2, -0.15) is 0 Å². The summed E-state index contributed by atoms with van der Waals surface area (Å²) in [6.07, 6.45) is 0. The molecular formula is C15H16N2O2S. The lowest BCUT2D eigenvalue weighted by atomic mass is 10.0. The molecule has 0 fully saturated rings. The lowest BCUT2D eigenvalue weighted by Gasteiger charge is -2.10. The van der Waals surface area contributed by atoms with Gasteiger partial charge in [0, 0.05) is 10.6 Å². The van der Waals surface area contributed by atoms with Crippen LogP contribution in [0.2, 0.25) is 0 Å². The van der Waals surface area contributed by atoms with Crippen LogP contribution in [0.4, 0.5) is 0 Å². The lowest BCUT2D eigenvalue weighted by Crippen LogP contribution is -2.29. The number of oxazole rings is 1. The van der Waals surface area contributed by atoms with Crippen LogP contribution in [0.3, 0.4) is 0 Å². The van der Waals surface area contributed by atoms with Crippen LogP contribution in [0, 0.1) is 13.8 Å². The zero-order valence-electron chi connectivity index (χ0n) is 11.5. The van der Waals surface area contributed by atoms with E-state index in [4.69, 9.17) is 4.42 Å². The molecule has 0 saturated carbocycles. The van der Waals surface area contributed by atoms with E-state index in [1.165, 1.54) is 4.90 Å². The van der Waals surface area contributed by atoms with E-state index in [0.29, 0.717) is 12.4 Å². The summed E-state index contributed by atoms with van der Waals surface area (Å²) in [6.45, 7) is 4.11. The molecule has 3 rings (SSSR count). The Labute approximate surface area is 122 Å². The zero-order valence-corrected chi connectivity index (χ0v) is 12.3. The molecule has 1 N–H and O–H groups in total. The van der Waals surface area contributed by atoms with Gasteiger partial charge in [0.2, 0.25) is 11.8 Å². The number of benzene rings is 1. The van der Waals surface area contributed by atoms with Crippen LogP contribution in [0.5, 0.6) is 0 Å². The van der Waals surface area contributed by atoms with Crippen LogP contribution < -0.4 is 5.32 Å². The summed E-state index contributed by atoms with van der Waals surface area (Å²) in [5, 5.41) is 2.91. The summed E-state index contributed by atoms with van der Waals surface area (Å²) in [4.78, 5) is 17.7. The van der Waals surface area contributed by atoms with E-state index < -0.39 is 0 Å². The van der Waals surface area contributed by atoms with Gasteiger partial charge in [-0.25, -0.2) is 4.98 Å². The average molecular weight is 288 g/mol. The number of aromatic nitrogens is 1. The van der Waals surface area contributed by atoms with Crippen LogP contribution in [0.15, 0.2) is 33.6 Å². The molecule has 1 aromatic carbocycles. The third-order valence-electron chi connectivity index (χ3n) is 3.50. The third kappa shape index (κ3) is 2.45. The second-order valence-electron chi connectivity index (χ2n) is 4.87. The highest BCUT2D eigenvalue weighted by atomic mass is 32.2. The fraction of sp³-hybridized carbons (Fsp3) is 0.333. The standard InChI is InChI=1S/C15H16N2O2S/c1-9-10(2)19-14(17-9)7-16-15(18)12-8-20-13-6-4-3-5-11(12)13/h3-6,12H,7-8H2,1-2H3,(H,16,18). The molecule has 20 heavy (non-hydrogen) atoms. The summed E-state index contributed by atoms with van der Waals surface area (Å²) >= 11 is 1.73. The molecule has 2 heterocycles. The number of hydrogen-bond acceptors (Lipinski definition) is 4. The Hall–Kier alpha value is -1.75. The molecule has 1 amide bonds. The highest BCUT2D eigenvalue weighted by molar-refractivity contribution is 7.99. The van der Waals surface area contributed by atoms with Crippen molar-refractivity contribution in [1.82, 2.24) is 10.3 Å². The van der Waals surface area contributed by atoms with E-state index in [0.717, 1.165) is 22.8 Å². The Morgan fingerprint density at radius 2 is 2.25 bits per heavy atom. The van der Waals surface area contributed by atoms with Gasteiger partial charge in [-0.15, -0.1) is 11.8 Å². The average Bonchev–Trinajstić information content (AvgIpc) is 3.00. The lowest BCUT2D eigenvalue weighted by molar-refractivity contribution is -0.122. The molecule has 5 heteroatoms. The summed E-state index contributed by atoms with van der Waals surface area (Å²) in [6, 6.07) is 8.07. The van der Waals surface area contributed by atoms with Crippen molar-refractivity contribution in [3.05, 3.63) is 47.2 Å². The number of hydrogen-bond donors (Lipinski definition) is 1. The monoisotopic (exact) mass is 288 g/mol. The number of thioether (sulfide) groups is 1. The predicted octanol–water partition coefficient (Wildman–Crippen LogP) is 2.80. The Morgan fingerprint density at radius 1 is 1.45 bits per heavy atom. The maximum atomic E-state index is 12.3. The van der Waals surface area contributed by atoms with Gasteiger partial charge >= 0.3 is 0 Å². The molecule has 1 unspecified atom stereocenters. The van der Waals surface area contributed by atoms with Gasteiger partial charge in [-0.05, 0) is 25.5 Å². The van der Waals surface area contributed by atoms with Crippen LogP contribution in [0.25, 0.3) is 0 Å². The largest absolute Gasteiger partial charge is 0.444 e. The summed E-state index contributed by atoms with van der Waals surface area (Å²) in [5.74, 6) is 2.13.